The smallest absolute Gasteiger partial charge is 0.321 e. The molecular formula is C34H40FN3O3. The number of carbonyl (C=O) groups excluding carboxylic acids is 3. The van der Waals surface area contributed by atoms with E-state index in [1.54, 1.807) is 0 Å². The summed E-state index contributed by atoms with van der Waals surface area (Å²) in [6.07, 6.45) is 17.0. The van der Waals surface area contributed by atoms with E-state index in [4.69, 9.17) is 0 Å². The van der Waals surface area contributed by atoms with Crippen LogP contribution >= 0.6 is 0 Å². The van der Waals surface area contributed by atoms with Gasteiger partial charge in [0.1, 0.15) is 11.6 Å². The van der Waals surface area contributed by atoms with Crippen molar-refractivity contribution in [1.29, 1.82) is 0 Å². The molecule has 0 atom stereocenters. The molecular weight excluding hydrogens is 517 g/mol. The summed E-state index contributed by atoms with van der Waals surface area (Å²) < 4.78 is 13.0. The van der Waals surface area contributed by atoms with E-state index in [-0.39, 0.29) is 30.0 Å². The molecule has 4 rings (SSSR count). The fraction of sp³-hybridized carbons (Fsp3) is 0.382. The van der Waals surface area contributed by atoms with E-state index in [9.17, 15) is 18.8 Å². The number of carbonyl (C=O) groups is 3. The lowest BCUT2D eigenvalue weighted by Crippen LogP contribution is -2.37. The number of anilines is 1. The Bertz CT molecular complexity index is 1270. The highest BCUT2D eigenvalue weighted by Crippen LogP contribution is 2.19. The number of allylic oxidation sites excluding steroid dienone is 6. The Morgan fingerprint density at radius 3 is 2.22 bits per heavy atom. The van der Waals surface area contributed by atoms with Crippen molar-refractivity contribution in [3.8, 4) is 0 Å². The largest absolute Gasteiger partial charge is 0.326 e. The first-order valence-electron chi connectivity index (χ1n) is 14.7. The van der Waals surface area contributed by atoms with Crippen LogP contribution in [0.15, 0.2) is 84.1 Å². The van der Waals surface area contributed by atoms with Crippen LogP contribution in [0.2, 0.25) is 0 Å². The number of benzene rings is 2. The van der Waals surface area contributed by atoms with Crippen LogP contribution in [0.5, 0.6) is 0 Å². The summed E-state index contributed by atoms with van der Waals surface area (Å²) in [5.41, 5.74) is 5.15. The summed E-state index contributed by atoms with van der Waals surface area (Å²) in [4.78, 5) is 38.7. The van der Waals surface area contributed by atoms with Gasteiger partial charge in [-0.1, -0.05) is 42.5 Å². The number of amides is 3. The molecule has 2 aliphatic rings. The molecule has 2 N–H and O–H groups in total. The third-order valence-electron chi connectivity index (χ3n) is 7.41. The van der Waals surface area contributed by atoms with Gasteiger partial charge in [0.25, 0.3) is 0 Å². The van der Waals surface area contributed by atoms with Crippen LogP contribution in [0, 0.1) is 5.82 Å². The van der Waals surface area contributed by atoms with Crippen LogP contribution in [0.1, 0.15) is 68.9 Å². The van der Waals surface area contributed by atoms with Crippen molar-refractivity contribution in [2.24, 2.45) is 0 Å². The highest BCUT2D eigenvalue weighted by Gasteiger charge is 2.18. The molecule has 1 aliphatic heterocycles. The van der Waals surface area contributed by atoms with Crippen LogP contribution in [0.3, 0.4) is 0 Å². The van der Waals surface area contributed by atoms with Gasteiger partial charge in [-0.25, -0.2) is 9.18 Å². The van der Waals surface area contributed by atoms with Crippen LogP contribution in [0.25, 0.3) is 0 Å². The Labute approximate surface area is 242 Å². The zero-order valence-corrected chi connectivity index (χ0v) is 23.7. The van der Waals surface area contributed by atoms with Crippen LogP contribution in [-0.4, -0.2) is 35.7 Å². The number of halogens is 1. The maximum Gasteiger partial charge on any atom is 0.321 e. The maximum absolute atomic E-state index is 13.0. The SMILES string of the molecule is O=C(CCCc1ccc(CCCC2=C/C=C/CC/C(NC(=O)N3CCCC3)=C\2)cc1)CC(=O)Nc1ccc(F)cc1. The Morgan fingerprint density at radius 1 is 0.829 bits per heavy atom. The van der Waals surface area contributed by atoms with E-state index in [2.05, 4.69) is 59.2 Å². The number of nitrogens with zero attached hydrogens (tertiary/aromatic N) is 1. The van der Waals surface area contributed by atoms with E-state index in [1.807, 2.05) is 4.90 Å². The Hall–Kier alpha value is -4.00. The van der Waals surface area contributed by atoms with Gasteiger partial charge >= 0.3 is 6.03 Å². The first kappa shape index (κ1) is 30.0. The van der Waals surface area contributed by atoms with Crippen molar-refractivity contribution in [1.82, 2.24) is 10.2 Å². The van der Waals surface area contributed by atoms with E-state index >= 15 is 0 Å². The number of hydrogen-bond donors (Lipinski definition) is 2. The van der Waals surface area contributed by atoms with Crippen molar-refractivity contribution in [3.05, 3.63) is 101 Å². The number of aryl methyl sites for hydroxylation is 2. The predicted octanol–water partition coefficient (Wildman–Crippen LogP) is 7.03. The molecule has 2 aromatic rings. The number of Topliss-reactive ketones (excluding diaryl/α,β-unsaturated/α-hetero) is 1. The molecule has 0 saturated carbocycles. The number of hydrogen-bond acceptors (Lipinski definition) is 3. The van der Waals surface area contributed by atoms with Gasteiger partial charge in [0.15, 0.2) is 0 Å². The molecule has 6 nitrogen and oxygen atoms in total. The highest BCUT2D eigenvalue weighted by molar-refractivity contribution is 6.04. The number of urea groups is 1. The second-order valence-electron chi connectivity index (χ2n) is 10.8. The molecule has 0 unspecified atom stereocenters. The van der Waals surface area contributed by atoms with Crippen molar-refractivity contribution in [2.45, 2.75) is 70.6 Å². The first-order valence-corrected chi connectivity index (χ1v) is 14.7. The average molecular weight is 558 g/mol. The zero-order valence-electron chi connectivity index (χ0n) is 23.7. The monoisotopic (exact) mass is 557 g/mol. The van der Waals surface area contributed by atoms with Gasteiger partial charge in [0.05, 0.1) is 6.42 Å². The van der Waals surface area contributed by atoms with Crippen LogP contribution in [0.4, 0.5) is 14.9 Å². The first-order chi connectivity index (χ1) is 19.9. The minimum Gasteiger partial charge on any atom is -0.326 e. The van der Waals surface area contributed by atoms with Crippen molar-refractivity contribution in [3.63, 3.8) is 0 Å². The Kier molecular flexibility index (Phi) is 11.5. The van der Waals surface area contributed by atoms with Gasteiger partial charge in [-0.3, -0.25) is 9.59 Å². The van der Waals surface area contributed by atoms with Gasteiger partial charge in [-0.15, -0.1) is 0 Å². The number of likely N-dealkylation sites (tertiary alicyclic amines) is 1. The molecule has 2 aromatic carbocycles. The fourth-order valence-corrected chi connectivity index (χ4v) is 5.13. The molecule has 0 aromatic heterocycles. The summed E-state index contributed by atoms with van der Waals surface area (Å²) >= 11 is 0. The maximum atomic E-state index is 13.0. The quantitative estimate of drug-likeness (QED) is 0.275. The third kappa shape index (κ3) is 10.5. The van der Waals surface area contributed by atoms with E-state index < -0.39 is 0 Å². The molecule has 0 radical (unpaired) electrons. The Balaban J connectivity index is 1.15. The molecule has 1 saturated heterocycles. The topological polar surface area (TPSA) is 78.5 Å². The minimum atomic E-state index is -0.379. The number of ketones is 1. The van der Waals surface area contributed by atoms with Gasteiger partial charge in [-0.05, 0) is 105 Å². The zero-order chi connectivity index (χ0) is 28.9. The van der Waals surface area contributed by atoms with Gasteiger partial charge in [-0.2, -0.15) is 0 Å². The summed E-state index contributed by atoms with van der Waals surface area (Å²) in [5, 5.41) is 5.76. The standard InChI is InChI=1S/C34H40FN3O3/c35-29-18-20-30(21-19-29)36-33(40)25-32(39)13-7-10-27-16-14-26(15-17-27)9-6-11-28-8-2-1-3-12-31(24-28)37-34(41)38-22-4-5-23-38/h1-2,8,14-21,24H,3-7,9-13,22-23,25H2,(H,36,40)(H,37,41)/b2-1+,28-8-,31-24+. The fourth-order valence-electron chi connectivity index (χ4n) is 5.13. The molecule has 1 aliphatic carbocycles. The lowest BCUT2D eigenvalue weighted by atomic mass is 9.99. The predicted molar refractivity (Wildman–Crippen MR) is 161 cm³/mol. The summed E-state index contributed by atoms with van der Waals surface area (Å²) in [5.74, 6) is -0.859. The Morgan fingerprint density at radius 2 is 1.51 bits per heavy atom. The van der Waals surface area contributed by atoms with Gasteiger partial charge < -0.3 is 15.5 Å². The third-order valence-corrected chi connectivity index (χ3v) is 7.41. The van der Waals surface area contributed by atoms with Gasteiger partial charge in [0.2, 0.25) is 5.91 Å². The molecule has 1 heterocycles. The molecule has 0 bridgehead atoms. The van der Waals surface area contributed by atoms with E-state index in [0.29, 0.717) is 18.5 Å². The second kappa shape index (κ2) is 15.7. The highest BCUT2D eigenvalue weighted by atomic mass is 19.1. The molecule has 41 heavy (non-hydrogen) atoms. The number of nitrogens with one attached hydrogen (secondary N) is 2. The normalized spacial score (nSPS) is 18.3. The van der Waals surface area contributed by atoms with Crippen molar-refractivity contribution < 1.29 is 18.8 Å². The van der Waals surface area contributed by atoms with Crippen LogP contribution < -0.4 is 10.6 Å². The molecule has 7 heteroatoms. The average Bonchev–Trinajstić information content (AvgIpc) is 3.48. The molecule has 216 valence electrons. The molecule has 0 spiro atoms. The molecule has 3 amide bonds. The van der Waals surface area contributed by atoms with E-state index in [0.717, 1.165) is 70.2 Å². The van der Waals surface area contributed by atoms with Crippen LogP contribution in [-0.2, 0) is 22.4 Å². The summed E-state index contributed by atoms with van der Waals surface area (Å²) in [6, 6.07) is 14.0. The van der Waals surface area contributed by atoms with Crippen molar-refractivity contribution >= 4 is 23.4 Å². The summed E-state index contributed by atoms with van der Waals surface area (Å²) in [7, 11) is 0. The minimum absolute atomic E-state index is 0.0227. The summed E-state index contributed by atoms with van der Waals surface area (Å²) in [6.45, 7) is 1.69. The van der Waals surface area contributed by atoms with Gasteiger partial charge in [0, 0.05) is 30.9 Å². The van der Waals surface area contributed by atoms with E-state index in [1.165, 1.54) is 41.0 Å². The van der Waals surface area contributed by atoms with Crippen molar-refractivity contribution in [2.75, 3.05) is 18.4 Å². The molecule has 1 fully saturated rings. The number of rotatable bonds is 12. The lowest BCUT2D eigenvalue weighted by Gasteiger charge is -2.19. The second-order valence-corrected chi connectivity index (χ2v) is 10.8. The lowest BCUT2D eigenvalue weighted by molar-refractivity contribution is -0.125.